The lowest BCUT2D eigenvalue weighted by molar-refractivity contribution is 0.627. The molecule has 0 aliphatic carbocycles. The molecule has 0 saturated heterocycles. The molecular weight excluding hydrogens is 271 g/mol. The summed E-state index contributed by atoms with van der Waals surface area (Å²) in [5.74, 6) is -0.380. The molecule has 0 amide bonds. The first-order valence-electron chi connectivity index (χ1n) is 6.44. The van der Waals surface area contributed by atoms with Gasteiger partial charge in [-0.15, -0.1) is 11.8 Å². The van der Waals surface area contributed by atoms with Gasteiger partial charge in [-0.2, -0.15) is 5.26 Å². The first-order chi connectivity index (χ1) is 9.76. The number of anilines is 1. The van der Waals surface area contributed by atoms with Gasteiger partial charge >= 0.3 is 0 Å². The number of hydrogen-bond donors (Lipinski definition) is 1. The number of rotatable bonds is 3. The van der Waals surface area contributed by atoms with E-state index in [9.17, 15) is 4.39 Å². The lowest BCUT2D eigenvalue weighted by atomic mass is 10.1. The summed E-state index contributed by atoms with van der Waals surface area (Å²) in [4.78, 5) is 1.33. The zero-order chi connectivity index (χ0) is 13.9. The Morgan fingerprint density at radius 2 is 2.15 bits per heavy atom. The van der Waals surface area contributed by atoms with Crippen molar-refractivity contribution in [2.75, 3.05) is 11.9 Å². The summed E-state index contributed by atoms with van der Waals surface area (Å²) in [5.41, 5.74) is 2.43. The molecule has 0 fully saturated rings. The van der Waals surface area contributed by atoms with Gasteiger partial charge in [0.25, 0.3) is 0 Å². The molecule has 0 radical (unpaired) electrons. The normalized spacial score (nSPS) is 16.5. The average molecular weight is 284 g/mol. The molecule has 1 atom stereocenters. The molecule has 1 heterocycles. The van der Waals surface area contributed by atoms with E-state index in [1.54, 1.807) is 6.07 Å². The van der Waals surface area contributed by atoms with Crippen molar-refractivity contribution >= 4 is 17.4 Å². The molecule has 100 valence electrons. The second-order valence-corrected chi connectivity index (χ2v) is 6.08. The third-order valence-corrected chi connectivity index (χ3v) is 4.65. The van der Waals surface area contributed by atoms with E-state index in [4.69, 9.17) is 5.26 Å². The quantitative estimate of drug-likeness (QED) is 0.930. The summed E-state index contributed by atoms with van der Waals surface area (Å²) in [6.45, 7) is 0.764. The summed E-state index contributed by atoms with van der Waals surface area (Å²) in [7, 11) is 0. The van der Waals surface area contributed by atoms with Gasteiger partial charge in [-0.3, -0.25) is 0 Å². The Balaban J connectivity index is 1.66. The van der Waals surface area contributed by atoms with Gasteiger partial charge < -0.3 is 5.32 Å². The van der Waals surface area contributed by atoms with Gasteiger partial charge in [-0.25, -0.2) is 4.39 Å². The molecular formula is C16H13FN2S. The van der Waals surface area contributed by atoms with E-state index in [-0.39, 0.29) is 5.82 Å². The molecule has 0 aromatic heterocycles. The standard InChI is InChI=1S/C16H13FN2S/c17-13-5-6-15(12(7-13)9-18)19-10-14-8-11-3-1-2-4-16(11)20-14/h1-7,14,19H,8,10H2. The molecule has 1 aliphatic heterocycles. The second kappa shape index (κ2) is 5.56. The van der Waals surface area contributed by atoms with Crippen molar-refractivity contribution in [3.63, 3.8) is 0 Å². The minimum Gasteiger partial charge on any atom is -0.383 e. The van der Waals surface area contributed by atoms with E-state index in [0.717, 1.165) is 13.0 Å². The number of hydrogen-bond acceptors (Lipinski definition) is 3. The van der Waals surface area contributed by atoms with Crippen LogP contribution in [0.2, 0.25) is 0 Å². The highest BCUT2D eigenvalue weighted by Crippen LogP contribution is 2.36. The fourth-order valence-electron chi connectivity index (χ4n) is 2.35. The third-order valence-electron chi connectivity index (χ3n) is 3.34. The molecule has 3 rings (SSSR count). The summed E-state index contributed by atoms with van der Waals surface area (Å²) in [6, 6.07) is 14.7. The van der Waals surface area contributed by atoms with Crippen molar-refractivity contribution in [3.8, 4) is 6.07 Å². The molecule has 2 aromatic carbocycles. The van der Waals surface area contributed by atoms with Crippen LogP contribution in [0.25, 0.3) is 0 Å². The minimum absolute atomic E-state index is 0.352. The van der Waals surface area contributed by atoms with Crippen LogP contribution in [0.3, 0.4) is 0 Å². The number of nitrogens with one attached hydrogen (secondary N) is 1. The van der Waals surface area contributed by atoms with Crippen molar-refractivity contribution in [1.82, 2.24) is 0 Å². The number of nitriles is 1. The minimum atomic E-state index is -0.380. The molecule has 1 N–H and O–H groups in total. The topological polar surface area (TPSA) is 35.8 Å². The highest BCUT2D eigenvalue weighted by atomic mass is 32.2. The maximum atomic E-state index is 13.1. The Labute approximate surface area is 121 Å². The van der Waals surface area contributed by atoms with Gasteiger partial charge in [0.15, 0.2) is 0 Å². The second-order valence-electron chi connectivity index (χ2n) is 4.73. The zero-order valence-corrected chi connectivity index (χ0v) is 11.6. The molecule has 1 aliphatic rings. The molecule has 4 heteroatoms. The van der Waals surface area contributed by atoms with Crippen molar-refractivity contribution < 1.29 is 4.39 Å². The van der Waals surface area contributed by atoms with E-state index >= 15 is 0 Å². The van der Waals surface area contributed by atoms with E-state index in [0.29, 0.717) is 16.5 Å². The van der Waals surface area contributed by atoms with E-state index < -0.39 is 0 Å². The van der Waals surface area contributed by atoms with Crippen molar-refractivity contribution in [2.24, 2.45) is 0 Å². The Bertz CT molecular complexity index is 653. The molecule has 2 aromatic rings. The summed E-state index contributed by atoms with van der Waals surface area (Å²) < 4.78 is 13.1. The number of thioether (sulfide) groups is 1. The van der Waals surface area contributed by atoms with Crippen LogP contribution in [0.5, 0.6) is 0 Å². The largest absolute Gasteiger partial charge is 0.383 e. The van der Waals surface area contributed by atoms with Gasteiger partial charge in [-0.1, -0.05) is 18.2 Å². The van der Waals surface area contributed by atoms with E-state index in [1.165, 1.54) is 22.6 Å². The van der Waals surface area contributed by atoms with Gasteiger partial charge in [-0.05, 0) is 36.2 Å². The number of nitrogens with zero attached hydrogens (tertiary/aromatic N) is 1. The molecule has 0 saturated carbocycles. The van der Waals surface area contributed by atoms with Crippen LogP contribution < -0.4 is 5.32 Å². The fourth-order valence-corrected chi connectivity index (χ4v) is 3.60. The molecule has 1 unspecified atom stereocenters. The van der Waals surface area contributed by atoms with Gasteiger partial charge in [0, 0.05) is 16.7 Å². The highest BCUT2D eigenvalue weighted by Gasteiger charge is 2.21. The number of fused-ring (bicyclic) bond motifs is 1. The number of halogens is 1. The monoisotopic (exact) mass is 284 g/mol. The van der Waals surface area contributed by atoms with Crippen LogP contribution in [-0.4, -0.2) is 11.8 Å². The highest BCUT2D eigenvalue weighted by molar-refractivity contribution is 8.00. The predicted octanol–water partition coefficient (Wildman–Crippen LogP) is 3.83. The smallest absolute Gasteiger partial charge is 0.124 e. The maximum Gasteiger partial charge on any atom is 0.124 e. The molecule has 20 heavy (non-hydrogen) atoms. The maximum absolute atomic E-state index is 13.1. The van der Waals surface area contributed by atoms with Gasteiger partial charge in [0.2, 0.25) is 0 Å². The number of benzene rings is 2. The molecule has 2 nitrogen and oxygen atoms in total. The van der Waals surface area contributed by atoms with E-state index in [2.05, 4.69) is 29.6 Å². The Morgan fingerprint density at radius 1 is 1.30 bits per heavy atom. The van der Waals surface area contributed by atoms with Crippen LogP contribution in [0.15, 0.2) is 47.4 Å². The predicted molar refractivity (Wildman–Crippen MR) is 79.4 cm³/mol. The summed E-state index contributed by atoms with van der Waals surface area (Å²) in [5, 5.41) is 12.7. The Morgan fingerprint density at radius 3 is 2.95 bits per heavy atom. The summed E-state index contributed by atoms with van der Waals surface area (Å²) >= 11 is 1.85. The molecule has 0 spiro atoms. The van der Waals surface area contributed by atoms with Gasteiger partial charge in [0.1, 0.15) is 11.9 Å². The van der Waals surface area contributed by atoms with Gasteiger partial charge in [0.05, 0.1) is 11.3 Å². The van der Waals surface area contributed by atoms with Crippen molar-refractivity contribution in [3.05, 3.63) is 59.4 Å². The van der Waals surface area contributed by atoms with Crippen LogP contribution in [0.4, 0.5) is 10.1 Å². The van der Waals surface area contributed by atoms with Crippen molar-refractivity contribution in [2.45, 2.75) is 16.6 Å². The first-order valence-corrected chi connectivity index (χ1v) is 7.32. The lowest BCUT2D eigenvalue weighted by Gasteiger charge is -2.12. The summed E-state index contributed by atoms with van der Waals surface area (Å²) in [6.07, 6.45) is 1.02. The fraction of sp³-hybridized carbons (Fsp3) is 0.188. The Kier molecular flexibility index (Phi) is 3.62. The SMILES string of the molecule is N#Cc1cc(F)ccc1NCC1Cc2ccccc2S1. The van der Waals surface area contributed by atoms with E-state index in [1.807, 2.05) is 17.8 Å². The Hall–Kier alpha value is -1.99. The van der Waals surface area contributed by atoms with Crippen LogP contribution in [0.1, 0.15) is 11.1 Å². The molecule has 0 bridgehead atoms. The van der Waals surface area contributed by atoms with Crippen molar-refractivity contribution in [1.29, 1.82) is 5.26 Å². The lowest BCUT2D eigenvalue weighted by Crippen LogP contribution is -2.16. The first kappa shape index (κ1) is 13.0. The average Bonchev–Trinajstić information content (AvgIpc) is 2.88. The third kappa shape index (κ3) is 2.63. The van der Waals surface area contributed by atoms with Crippen LogP contribution >= 0.6 is 11.8 Å². The van der Waals surface area contributed by atoms with Crippen LogP contribution in [0, 0.1) is 17.1 Å². The zero-order valence-electron chi connectivity index (χ0n) is 10.8. The van der Waals surface area contributed by atoms with Crippen LogP contribution in [-0.2, 0) is 6.42 Å².